The topological polar surface area (TPSA) is 43.3 Å². The molecule has 0 amide bonds. The van der Waals surface area contributed by atoms with Gasteiger partial charge in [0.15, 0.2) is 0 Å². The first-order valence-corrected chi connectivity index (χ1v) is 6.52. The maximum Gasteiger partial charge on any atom is 0.114 e. The second-order valence-corrected chi connectivity index (χ2v) is 4.70. The second-order valence-electron chi connectivity index (χ2n) is 4.70. The highest BCUT2D eigenvalue weighted by molar-refractivity contribution is 5.68. The Kier molecular flexibility index (Phi) is 3.05. The molecule has 0 saturated heterocycles. The van der Waals surface area contributed by atoms with E-state index in [1.165, 1.54) is 16.8 Å². The molecular weight excluding hydrogens is 234 g/mol. The van der Waals surface area contributed by atoms with E-state index < -0.39 is 0 Å². The standard InChI is InChI=1S/C16H17N3/c1-12-5-2-3-7-14(12)15-8-4-6-13-11-18-16(9-10-17)19(13)15/h2-8,11H,9-10,17H2,1H3. The van der Waals surface area contributed by atoms with Gasteiger partial charge in [0.25, 0.3) is 0 Å². The van der Waals surface area contributed by atoms with Crippen molar-refractivity contribution in [2.45, 2.75) is 13.3 Å². The number of rotatable bonds is 3. The molecule has 0 saturated carbocycles. The number of nitrogens with zero attached hydrogens (tertiary/aromatic N) is 2. The summed E-state index contributed by atoms with van der Waals surface area (Å²) in [6.07, 6.45) is 2.70. The van der Waals surface area contributed by atoms with E-state index >= 15 is 0 Å². The van der Waals surface area contributed by atoms with Crippen LogP contribution in [0.3, 0.4) is 0 Å². The Morgan fingerprint density at radius 2 is 1.95 bits per heavy atom. The van der Waals surface area contributed by atoms with Crippen LogP contribution in [-0.2, 0) is 6.42 Å². The van der Waals surface area contributed by atoms with Crippen LogP contribution in [0.25, 0.3) is 16.8 Å². The third-order valence-corrected chi connectivity index (χ3v) is 3.41. The van der Waals surface area contributed by atoms with Crippen molar-refractivity contribution in [1.82, 2.24) is 9.38 Å². The van der Waals surface area contributed by atoms with E-state index in [1.54, 1.807) is 0 Å². The van der Waals surface area contributed by atoms with Gasteiger partial charge in [0.2, 0.25) is 0 Å². The molecule has 0 aliphatic heterocycles. The van der Waals surface area contributed by atoms with E-state index in [0.717, 1.165) is 17.8 Å². The van der Waals surface area contributed by atoms with Crippen molar-refractivity contribution in [1.29, 1.82) is 0 Å². The van der Waals surface area contributed by atoms with Gasteiger partial charge in [-0.2, -0.15) is 0 Å². The predicted octanol–water partition coefficient (Wildman–Crippen LogP) is 2.81. The molecule has 19 heavy (non-hydrogen) atoms. The summed E-state index contributed by atoms with van der Waals surface area (Å²) in [6.45, 7) is 2.74. The summed E-state index contributed by atoms with van der Waals surface area (Å²) in [5.74, 6) is 1.02. The monoisotopic (exact) mass is 251 g/mol. The molecule has 0 aliphatic carbocycles. The zero-order valence-corrected chi connectivity index (χ0v) is 11.0. The van der Waals surface area contributed by atoms with E-state index in [4.69, 9.17) is 5.73 Å². The number of pyridine rings is 1. The average Bonchev–Trinajstić information content (AvgIpc) is 2.83. The molecule has 3 aromatic rings. The second kappa shape index (κ2) is 4.86. The molecule has 3 heteroatoms. The Morgan fingerprint density at radius 1 is 1.11 bits per heavy atom. The van der Waals surface area contributed by atoms with E-state index in [1.807, 2.05) is 6.20 Å². The summed E-state index contributed by atoms with van der Waals surface area (Å²) in [4.78, 5) is 4.48. The van der Waals surface area contributed by atoms with Gasteiger partial charge in [0.1, 0.15) is 5.82 Å². The van der Waals surface area contributed by atoms with Gasteiger partial charge in [0, 0.05) is 12.0 Å². The van der Waals surface area contributed by atoms with Crippen LogP contribution in [-0.4, -0.2) is 15.9 Å². The minimum atomic E-state index is 0.612. The molecule has 0 atom stereocenters. The number of benzene rings is 1. The van der Waals surface area contributed by atoms with E-state index in [2.05, 4.69) is 58.8 Å². The van der Waals surface area contributed by atoms with Crippen molar-refractivity contribution in [2.75, 3.05) is 6.54 Å². The molecule has 3 rings (SSSR count). The van der Waals surface area contributed by atoms with Gasteiger partial charge in [0.05, 0.1) is 17.4 Å². The highest BCUT2D eigenvalue weighted by Gasteiger charge is 2.09. The smallest absolute Gasteiger partial charge is 0.114 e. The number of hydrogen-bond donors (Lipinski definition) is 1. The molecule has 0 radical (unpaired) electrons. The SMILES string of the molecule is Cc1ccccc1-c1cccc2cnc(CCN)n12. The Hall–Kier alpha value is -2.13. The zero-order valence-electron chi connectivity index (χ0n) is 11.0. The first-order chi connectivity index (χ1) is 9.31. The minimum absolute atomic E-state index is 0.612. The fraction of sp³-hybridized carbons (Fsp3) is 0.188. The van der Waals surface area contributed by atoms with Crippen molar-refractivity contribution in [3.05, 3.63) is 60.0 Å². The van der Waals surface area contributed by atoms with Crippen LogP contribution in [0.1, 0.15) is 11.4 Å². The molecule has 0 fully saturated rings. The first kappa shape index (κ1) is 11.9. The Morgan fingerprint density at radius 3 is 2.74 bits per heavy atom. The maximum absolute atomic E-state index is 5.68. The number of nitrogens with two attached hydrogens (primary N) is 1. The molecule has 0 bridgehead atoms. The average molecular weight is 251 g/mol. The summed E-state index contributed by atoms with van der Waals surface area (Å²) in [5, 5.41) is 0. The first-order valence-electron chi connectivity index (χ1n) is 6.52. The fourth-order valence-corrected chi connectivity index (χ4v) is 2.49. The molecule has 96 valence electrons. The molecule has 2 aromatic heterocycles. The van der Waals surface area contributed by atoms with Crippen LogP contribution in [0.4, 0.5) is 0 Å². The number of imidazole rings is 1. The third kappa shape index (κ3) is 2.02. The van der Waals surface area contributed by atoms with E-state index in [9.17, 15) is 0 Å². The number of hydrogen-bond acceptors (Lipinski definition) is 2. The lowest BCUT2D eigenvalue weighted by Gasteiger charge is -2.11. The molecular formula is C16H17N3. The third-order valence-electron chi connectivity index (χ3n) is 3.41. The Balaban J connectivity index is 2.29. The maximum atomic E-state index is 5.68. The molecule has 2 N–H and O–H groups in total. The van der Waals surface area contributed by atoms with Gasteiger partial charge in [-0.3, -0.25) is 4.40 Å². The molecule has 0 spiro atoms. The van der Waals surface area contributed by atoms with Gasteiger partial charge >= 0.3 is 0 Å². The van der Waals surface area contributed by atoms with Crippen molar-refractivity contribution < 1.29 is 0 Å². The summed E-state index contributed by atoms with van der Waals surface area (Å²) in [5.41, 5.74) is 10.5. The van der Waals surface area contributed by atoms with Crippen LogP contribution in [0.15, 0.2) is 48.7 Å². The van der Waals surface area contributed by atoms with Crippen LogP contribution in [0, 0.1) is 6.92 Å². The predicted molar refractivity (Wildman–Crippen MR) is 78.1 cm³/mol. The van der Waals surface area contributed by atoms with Crippen LogP contribution >= 0.6 is 0 Å². The number of aryl methyl sites for hydroxylation is 1. The fourth-order valence-electron chi connectivity index (χ4n) is 2.49. The lowest BCUT2D eigenvalue weighted by molar-refractivity contribution is 0.865. The van der Waals surface area contributed by atoms with Crippen molar-refractivity contribution >= 4 is 5.52 Å². The summed E-state index contributed by atoms with van der Waals surface area (Å²) < 4.78 is 2.20. The number of aromatic nitrogens is 2. The molecule has 0 unspecified atom stereocenters. The highest BCUT2D eigenvalue weighted by atomic mass is 15.0. The van der Waals surface area contributed by atoms with Gasteiger partial charge < -0.3 is 5.73 Å². The van der Waals surface area contributed by atoms with Crippen molar-refractivity contribution in [3.8, 4) is 11.3 Å². The minimum Gasteiger partial charge on any atom is -0.330 e. The summed E-state index contributed by atoms with van der Waals surface area (Å²) >= 11 is 0. The van der Waals surface area contributed by atoms with Crippen molar-refractivity contribution in [3.63, 3.8) is 0 Å². The molecule has 3 nitrogen and oxygen atoms in total. The van der Waals surface area contributed by atoms with Gasteiger partial charge in [-0.25, -0.2) is 4.98 Å². The van der Waals surface area contributed by atoms with Gasteiger partial charge in [-0.1, -0.05) is 30.3 Å². The Bertz CT molecular complexity index is 713. The van der Waals surface area contributed by atoms with Crippen LogP contribution < -0.4 is 5.73 Å². The lowest BCUT2D eigenvalue weighted by Crippen LogP contribution is -2.07. The normalized spacial score (nSPS) is 11.1. The van der Waals surface area contributed by atoms with Crippen molar-refractivity contribution in [2.24, 2.45) is 5.73 Å². The summed E-state index contributed by atoms with van der Waals surface area (Å²) in [6, 6.07) is 14.7. The molecule has 0 aliphatic rings. The molecule has 1 aromatic carbocycles. The van der Waals surface area contributed by atoms with Crippen LogP contribution in [0.5, 0.6) is 0 Å². The quantitative estimate of drug-likeness (QED) is 0.778. The molecule has 2 heterocycles. The van der Waals surface area contributed by atoms with Crippen LogP contribution in [0.2, 0.25) is 0 Å². The lowest BCUT2D eigenvalue weighted by atomic mass is 10.0. The highest BCUT2D eigenvalue weighted by Crippen LogP contribution is 2.25. The van der Waals surface area contributed by atoms with Gasteiger partial charge in [-0.05, 0) is 31.2 Å². The van der Waals surface area contributed by atoms with Gasteiger partial charge in [-0.15, -0.1) is 0 Å². The van der Waals surface area contributed by atoms with E-state index in [0.29, 0.717) is 6.54 Å². The largest absolute Gasteiger partial charge is 0.330 e. The summed E-state index contributed by atoms with van der Waals surface area (Å²) in [7, 11) is 0. The number of fused-ring (bicyclic) bond motifs is 1. The van der Waals surface area contributed by atoms with E-state index in [-0.39, 0.29) is 0 Å². The zero-order chi connectivity index (χ0) is 13.2. The Labute approximate surface area is 112 Å².